The van der Waals surface area contributed by atoms with Crippen LogP contribution >= 0.6 is 0 Å². The molecule has 194 valence electrons. The standard InChI is InChI=1S/C26H24F3N3O5/c1-15-13-17(19-5-2-3-7-21(19)30-15)14-36-18-11-9-16(10-12-18)23(33)31-22-8-4-6-20(22)24(34)32-37-25(35)26(27,28)29/h2-3,5,7,9-13,20,22H,4,6,8,14H2,1H3,(H,31,33)(H,32,34). The number of carbonyl (C=O) groups excluding carboxylic acids is 3. The summed E-state index contributed by atoms with van der Waals surface area (Å²) < 4.78 is 42.7. The molecule has 2 N–H and O–H groups in total. The van der Waals surface area contributed by atoms with Gasteiger partial charge in [0, 0.05) is 28.2 Å². The number of carbonyl (C=O) groups is 3. The van der Waals surface area contributed by atoms with E-state index in [1.54, 1.807) is 29.7 Å². The van der Waals surface area contributed by atoms with Crippen molar-refractivity contribution in [3.05, 3.63) is 71.4 Å². The lowest BCUT2D eigenvalue weighted by molar-refractivity contribution is -0.208. The number of fused-ring (bicyclic) bond motifs is 1. The Morgan fingerprint density at radius 1 is 1.05 bits per heavy atom. The number of hydrogen-bond donors (Lipinski definition) is 2. The molecule has 0 spiro atoms. The van der Waals surface area contributed by atoms with Crippen molar-refractivity contribution >= 4 is 28.7 Å². The van der Waals surface area contributed by atoms with Crippen molar-refractivity contribution in [1.82, 2.24) is 15.8 Å². The Labute approximate surface area is 210 Å². The van der Waals surface area contributed by atoms with Crippen molar-refractivity contribution < 1.29 is 37.1 Å². The minimum absolute atomic E-state index is 0.313. The number of amides is 2. The zero-order chi connectivity index (χ0) is 26.6. The van der Waals surface area contributed by atoms with Gasteiger partial charge in [0.1, 0.15) is 12.4 Å². The number of aromatic nitrogens is 1. The second kappa shape index (κ2) is 10.9. The first kappa shape index (κ1) is 25.9. The number of pyridine rings is 1. The lowest BCUT2D eigenvalue weighted by Gasteiger charge is -2.20. The van der Waals surface area contributed by atoms with Gasteiger partial charge in [-0.15, -0.1) is 0 Å². The van der Waals surface area contributed by atoms with E-state index in [4.69, 9.17) is 4.74 Å². The summed E-state index contributed by atoms with van der Waals surface area (Å²) in [5.74, 6) is -4.14. The van der Waals surface area contributed by atoms with Gasteiger partial charge in [0.2, 0.25) is 0 Å². The summed E-state index contributed by atoms with van der Waals surface area (Å²) in [7, 11) is 0. The minimum atomic E-state index is -5.22. The van der Waals surface area contributed by atoms with Crippen LogP contribution in [-0.2, 0) is 21.0 Å². The molecule has 1 fully saturated rings. The molecule has 1 aliphatic carbocycles. The normalized spacial score (nSPS) is 17.3. The fraction of sp³-hybridized carbons (Fsp3) is 0.308. The van der Waals surface area contributed by atoms with Crippen LogP contribution in [0.5, 0.6) is 5.75 Å². The highest BCUT2D eigenvalue weighted by molar-refractivity contribution is 5.95. The van der Waals surface area contributed by atoms with Crippen molar-refractivity contribution in [2.75, 3.05) is 0 Å². The smallest absolute Gasteiger partial charge is 0.489 e. The van der Waals surface area contributed by atoms with E-state index in [1.165, 1.54) is 0 Å². The molecule has 1 aliphatic rings. The molecular weight excluding hydrogens is 491 g/mol. The van der Waals surface area contributed by atoms with Crippen molar-refractivity contribution in [3.8, 4) is 5.75 Å². The summed E-state index contributed by atoms with van der Waals surface area (Å²) in [6, 6.07) is 15.6. The number of aryl methyl sites for hydroxylation is 1. The maximum Gasteiger partial charge on any atom is 0.493 e. The van der Waals surface area contributed by atoms with Crippen molar-refractivity contribution in [2.24, 2.45) is 5.92 Å². The predicted octanol–water partition coefficient (Wildman–Crippen LogP) is 4.16. The van der Waals surface area contributed by atoms with Gasteiger partial charge < -0.3 is 14.9 Å². The lowest BCUT2D eigenvalue weighted by Crippen LogP contribution is -2.45. The molecule has 37 heavy (non-hydrogen) atoms. The molecule has 2 aromatic carbocycles. The van der Waals surface area contributed by atoms with E-state index in [-0.39, 0.29) is 0 Å². The molecule has 1 saturated carbocycles. The third kappa shape index (κ3) is 6.35. The number of alkyl halides is 3. The van der Waals surface area contributed by atoms with Crippen LogP contribution in [0, 0.1) is 12.8 Å². The first-order chi connectivity index (χ1) is 17.6. The summed E-state index contributed by atoms with van der Waals surface area (Å²) in [5, 5.41) is 3.73. The van der Waals surface area contributed by atoms with Crippen molar-refractivity contribution in [2.45, 2.75) is 45.0 Å². The highest BCUT2D eigenvalue weighted by Crippen LogP contribution is 2.27. The average molecular weight is 515 g/mol. The van der Waals surface area contributed by atoms with Gasteiger partial charge in [-0.1, -0.05) is 24.6 Å². The van der Waals surface area contributed by atoms with Gasteiger partial charge in [0.05, 0.1) is 11.4 Å². The summed E-state index contributed by atoms with van der Waals surface area (Å²) in [5.41, 5.74) is 4.61. The summed E-state index contributed by atoms with van der Waals surface area (Å²) in [6.45, 7) is 2.23. The van der Waals surface area contributed by atoms with E-state index in [1.807, 2.05) is 37.3 Å². The third-order valence-corrected chi connectivity index (χ3v) is 6.09. The molecular formula is C26H24F3N3O5. The topological polar surface area (TPSA) is 107 Å². The fourth-order valence-electron chi connectivity index (χ4n) is 4.31. The van der Waals surface area contributed by atoms with E-state index in [2.05, 4.69) is 15.1 Å². The molecule has 2 unspecified atom stereocenters. The second-order valence-corrected chi connectivity index (χ2v) is 8.72. The van der Waals surface area contributed by atoms with E-state index in [9.17, 15) is 27.6 Å². The number of rotatable bonds is 6. The SMILES string of the molecule is Cc1cc(COc2ccc(C(=O)NC3CCCC3C(=O)NOC(=O)C(F)(F)F)cc2)c2ccccc2n1. The van der Waals surface area contributed by atoms with Gasteiger partial charge in [-0.2, -0.15) is 18.7 Å². The molecule has 3 aromatic rings. The Bertz CT molecular complexity index is 1310. The Balaban J connectivity index is 1.33. The first-order valence-corrected chi connectivity index (χ1v) is 11.6. The highest BCUT2D eigenvalue weighted by Gasteiger charge is 2.43. The molecule has 0 aliphatic heterocycles. The van der Waals surface area contributed by atoms with Crippen LogP contribution in [0.15, 0.2) is 54.6 Å². The number of nitrogens with one attached hydrogen (secondary N) is 2. The van der Waals surface area contributed by atoms with Crippen LogP contribution in [0.4, 0.5) is 13.2 Å². The molecule has 2 amide bonds. The van der Waals surface area contributed by atoms with Gasteiger partial charge in [-0.05, 0) is 56.2 Å². The Morgan fingerprint density at radius 3 is 2.51 bits per heavy atom. The number of benzene rings is 2. The summed E-state index contributed by atoms with van der Waals surface area (Å²) in [4.78, 5) is 44.1. The highest BCUT2D eigenvalue weighted by atomic mass is 19.4. The van der Waals surface area contributed by atoms with Crippen LogP contribution in [-0.4, -0.2) is 35.0 Å². The van der Waals surface area contributed by atoms with E-state index in [0.717, 1.165) is 22.2 Å². The Kier molecular flexibility index (Phi) is 7.61. The number of para-hydroxylation sites is 1. The first-order valence-electron chi connectivity index (χ1n) is 11.6. The van der Waals surface area contributed by atoms with Crippen molar-refractivity contribution in [1.29, 1.82) is 0 Å². The molecule has 1 heterocycles. The number of hydrogen-bond acceptors (Lipinski definition) is 6. The fourth-order valence-corrected chi connectivity index (χ4v) is 4.31. The second-order valence-electron chi connectivity index (χ2n) is 8.72. The average Bonchev–Trinajstić information content (AvgIpc) is 3.33. The van der Waals surface area contributed by atoms with Crippen LogP contribution < -0.4 is 15.5 Å². The number of halogens is 3. The number of ether oxygens (including phenoxy) is 1. The quantitative estimate of drug-likeness (QED) is 0.478. The van der Waals surface area contributed by atoms with Gasteiger partial charge >= 0.3 is 12.1 Å². The monoisotopic (exact) mass is 515 g/mol. The van der Waals surface area contributed by atoms with Crippen molar-refractivity contribution in [3.63, 3.8) is 0 Å². The Morgan fingerprint density at radius 2 is 1.78 bits per heavy atom. The predicted molar refractivity (Wildman–Crippen MR) is 126 cm³/mol. The zero-order valence-electron chi connectivity index (χ0n) is 19.8. The number of nitrogens with zero attached hydrogens (tertiary/aromatic N) is 1. The van der Waals surface area contributed by atoms with Gasteiger partial charge in [0.25, 0.3) is 11.8 Å². The van der Waals surface area contributed by atoms with E-state index < -0.39 is 35.9 Å². The third-order valence-electron chi connectivity index (χ3n) is 6.09. The summed E-state index contributed by atoms with van der Waals surface area (Å²) in [6.07, 6.45) is -3.86. The maximum atomic E-state index is 12.7. The lowest BCUT2D eigenvalue weighted by atomic mass is 10.0. The van der Waals surface area contributed by atoms with Gasteiger partial charge in [-0.3, -0.25) is 14.6 Å². The molecule has 0 radical (unpaired) electrons. The number of hydroxylamine groups is 1. The zero-order valence-corrected chi connectivity index (χ0v) is 19.8. The van der Waals surface area contributed by atoms with Gasteiger partial charge in [0.15, 0.2) is 0 Å². The van der Waals surface area contributed by atoms with Crippen LogP contribution in [0.1, 0.15) is 40.9 Å². The summed E-state index contributed by atoms with van der Waals surface area (Å²) >= 11 is 0. The largest absolute Gasteiger partial charge is 0.493 e. The Hall–Kier alpha value is -4.15. The van der Waals surface area contributed by atoms with E-state index in [0.29, 0.717) is 37.2 Å². The van der Waals surface area contributed by atoms with Crippen LogP contribution in [0.25, 0.3) is 10.9 Å². The molecule has 11 heteroatoms. The minimum Gasteiger partial charge on any atom is -0.489 e. The molecule has 4 rings (SSSR count). The van der Waals surface area contributed by atoms with Gasteiger partial charge in [-0.25, -0.2) is 4.79 Å². The van der Waals surface area contributed by atoms with Crippen LogP contribution in [0.3, 0.4) is 0 Å². The molecule has 0 bridgehead atoms. The molecule has 8 nitrogen and oxygen atoms in total. The van der Waals surface area contributed by atoms with Crippen LogP contribution in [0.2, 0.25) is 0 Å². The molecule has 2 atom stereocenters. The van der Waals surface area contributed by atoms with E-state index >= 15 is 0 Å². The maximum absolute atomic E-state index is 12.7. The molecule has 0 saturated heterocycles. The molecule has 1 aromatic heterocycles.